The van der Waals surface area contributed by atoms with Gasteiger partial charge in [-0.3, -0.25) is 14.9 Å². The van der Waals surface area contributed by atoms with Gasteiger partial charge in [-0.05, 0) is 24.3 Å². The number of nitrogens with zero attached hydrogens (tertiary/aromatic N) is 1. The molecule has 2 aromatic carbocycles. The maximum absolute atomic E-state index is 11.0. The number of rotatable bonds is 7. The molecule has 0 saturated heterocycles. The van der Waals surface area contributed by atoms with Crippen LogP contribution in [0, 0.1) is 10.1 Å². The van der Waals surface area contributed by atoms with Crippen molar-refractivity contribution in [3.8, 4) is 5.75 Å². The van der Waals surface area contributed by atoms with Crippen molar-refractivity contribution in [2.75, 3.05) is 23.8 Å². The number of hydrogen-bond donors (Lipinski definition) is 2. The first-order valence-corrected chi connectivity index (χ1v) is 7.93. The number of carbonyl (C=O) groups is 1. The fourth-order valence-electron chi connectivity index (χ4n) is 2.03. The molecule has 0 saturated carbocycles. The summed E-state index contributed by atoms with van der Waals surface area (Å²) in [5, 5.41) is 16.7. The molecule has 0 radical (unpaired) electrons. The lowest BCUT2D eigenvalue weighted by molar-refractivity contribution is -0.384. The summed E-state index contributed by atoms with van der Waals surface area (Å²) in [6.45, 7) is 2.14. The van der Waals surface area contributed by atoms with Crippen molar-refractivity contribution in [3.05, 3.63) is 57.1 Å². The highest BCUT2D eigenvalue weighted by Gasteiger charge is 2.13. The lowest BCUT2D eigenvalue weighted by Gasteiger charge is -2.10. The van der Waals surface area contributed by atoms with E-state index in [4.69, 9.17) is 4.74 Å². The van der Waals surface area contributed by atoms with E-state index < -0.39 is 4.92 Å². The van der Waals surface area contributed by atoms with E-state index in [1.807, 2.05) is 0 Å². The van der Waals surface area contributed by atoms with E-state index in [0.29, 0.717) is 34.7 Å². The zero-order chi connectivity index (χ0) is 17.5. The Kier molecular flexibility index (Phi) is 6.14. The van der Waals surface area contributed by atoms with Crippen LogP contribution in [-0.4, -0.2) is 24.0 Å². The predicted molar refractivity (Wildman–Crippen MR) is 95.5 cm³/mol. The molecule has 1 amide bonds. The SMILES string of the molecule is CC(=O)Nc1cccc(OCCNc2ccc(Br)cc2[N+](=O)[O-])c1. The molecule has 0 aromatic heterocycles. The van der Waals surface area contributed by atoms with Gasteiger partial charge in [-0.2, -0.15) is 0 Å². The van der Waals surface area contributed by atoms with Crippen molar-refractivity contribution in [1.82, 2.24) is 0 Å². The molecular weight excluding hydrogens is 378 g/mol. The second kappa shape index (κ2) is 8.30. The molecule has 2 N–H and O–H groups in total. The van der Waals surface area contributed by atoms with Gasteiger partial charge in [0.1, 0.15) is 18.0 Å². The molecule has 24 heavy (non-hydrogen) atoms. The fraction of sp³-hybridized carbons (Fsp3) is 0.188. The summed E-state index contributed by atoms with van der Waals surface area (Å²) in [6, 6.07) is 11.8. The molecular formula is C16H16BrN3O4. The molecule has 0 spiro atoms. The van der Waals surface area contributed by atoms with Crippen LogP contribution in [0.1, 0.15) is 6.92 Å². The Bertz CT molecular complexity index is 752. The summed E-state index contributed by atoms with van der Waals surface area (Å²) in [5.41, 5.74) is 1.08. The Balaban J connectivity index is 1.89. The number of nitro groups is 1. The third-order valence-electron chi connectivity index (χ3n) is 3.00. The van der Waals surface area contributed by atoms with Gasteiger partial charge in [0.2, 0.25) is 5.91 Å². The van der Waals surface area contributed by atoms with E-state index in [1.165, 1.54) is 13.0 Å². The Labute approximate surface area is 147 Å². The van der Waals surface area contributed by atoms with Gasteiger partial charge in [0, 0.05) is 35.8 Å². The van der Waals surface area contributed by atoms with Crippen LogP contribution in [-0.2, 0) is 4.79 Å². The zero-order valence-electron chi connectivity index (χ0n) is 12.9. The standard InChI is InChI=1S/C16H16BrN3O4/c1-11(21)19-13-3-2-4-14(10-13)24-8-7-18-15-6-5-12(17)9-16(15)20(22)23/h2-6,9-10,18H,7-8H2,1H3,(H,19,21). The first-order valence-electron chi connectivity index (χ1n) is 7.14. The third kappa shape index (κ3) is 5.24. The summed E-state index contributed by atoms with van der Waals surface area (Å²) in [5.74, 6) is 0.449. The van der Waals surface area contributed by atoms with Crippen LogP contribution in [0.15, 0.2) is 46.9 Å². The summed E-state index contributed by atoms with van der Waals surface area (Å²) in [6.07, 6.45) is 0. The summed E-state index contributed by atoms with van der Waals surface area (Å²) in [7, 11) is 0. The summed E-state index contributed by atoms with van der Waals surface area (Å²) in [4.78, 5) is 21.6. The molecule has 0 atom stereocenters. The van der Waals surface area contributed by atoms with E-state index in [2.05, 4.69) is 26.6 Å². The average Bonchev–Trinajstić information content (AvgIpc) is 2.52. The summed E-state index contributed by atoms with van der Waals surface area (Å²) >= 11 is 3.21. The van der Waals surface area contributed by atoms with Crippen molar-refractivity contribution in [2.45, 2.75) is 6.92 Å². The number of anilines is 2. The van der Waals surface area contributed by atoms with Crippen LogP contribution in [0.3, 0.4) is 0 Å². The van der Waals surface area contributed by atoms with E-state index in [9.17, 15) is 14.9 Å². The first kappa shape index (κ1) is 17.7. The van der Waals surface area contributed by atoms with Gasteiger partial charge in [0.25, 0.3) is 5.69 Å². The minimum Gasteiger partial charge on any atom is -0.492 e. The number of benzene rings is 2. The number of nitrogens with one attached hydrogen (secondary N) is 2. The molecule has 7 nitrogen and oxygen atoms in total. The second-order valence-electron chi connectivity index (χ2n) is 4.90. The normalized spacial score (nSPS) is 10.1. The molecule has 0 fully saturated rings. The number of nitro benzene ring substituents is 1. The molecule has 2 aromatic rings. The monoisotopic (exact) mass is 393 g/mol. The quantitative estimate of drug-likeness (QED) is 0.423. The second-order valence-corrected chi connectivity index (χ2v) is 5.82. The number of hydrogen-bond acceptors (Lipinski definition) is 5. The molecule has 2 rings (SSSR count). The van der Waals surface area contributed by atoms with Crippen LogP contribution in [0.2, 0.25) is 0 Å². The minimum atomic E-state index is -0.440. The van der Waals surface area contributed by atoms with E-state index in [0.717, 1.165) is 0 Å². The van der Waals surface area contributed by atoms with E-state index >= 15 is 0 Å². The maximum atomic E-state index is 11.0. The van der Waals surface area contributed by atoms with Gasteiger partial charge in [-0.25, -0.2) is 0 Å². The molecule has 0 unspecified atom stereocenters. The third-order valence-corrected chi connectivity index (χ3v) is 3.49. The summed E-state index contributed by atoms with van der Waals surface area (Å²) < 4.78 is 6.23. The van der Waals surface area contributed by atoms with Gasteiger partial charge >= 0.3 is 0 Å². The van der Waals surface area contributed by atoms with Crippen molar-refractivity contribution in [3.63, 3.8) is 0 Å². The Hall–Kier alpha value is -2.61. The van der Waals surface area contributed by atoms with Crippen LogP contribution < -0.4 is 15.4 Å². The first-order chi connectivity index (χ1) is 11.5. The van der Waals surface area contributed by atoms with Crippen LogP contribution in [0.5, 0.6) is 5.75 Å². The Morgan fingerprint density at radius 1 is 1.29 bits per heavy atom. The van der Waals surface area contributed by atoms with Crippen molar-refractivity contribution >= 4 is 38.9 Å². The van der Waals surface area contributed by atoms with Crippen molar-refractivity contribution in [2.24, 2.45) is 0 Å². The van der Waals surface area contributed by atoms with Crippen molar-refractivity contribution < 1.29 is 14.5 Å². The number of ether oxygens (including phenoxy) is 1. The number of carbonyl (C=O) groups excluding carboxylic acids is 1. The van der Waals surface area contributed by atoms with Crippen LogP contribution in [0.4, 0.5) is 17.1 Å². The Morgan fingerprint density at radius 2 is 2.08 bits per heavy atom. The highest BCUT2D eigenvalue weighted by molar-refractivity contribution is 9.10. The molecule has 0 aliphatic carbocycles. The molecule has 0 aliphatic heterocycles. The lowest BCUT2D eigenvalue weighted by atomic mass is 10.2. The smallest absolute Gasteiger partial charge is 0.293 e. The lowest BCUT2D eigenvalue weighted by Crippen LogP contribution is -2.12. The molecule has 8 heteroatoms. The van der Waals surface area contributed by atoms with E-state index in [-0.39, 0.29) is 11.6 Å². The van der Waals surface area contributed by atoms with E-state index in [1.54, 1.807) is 36.4 Å². The van der Waals surface area contributed by atoms with Gasteiger partial charge in [0.05, 0.1) is 4.92 Å². The molecule has 126 valence electrons. The van der Waals surface area contributed by atoms with Gasteiger partial charge in [0.15, 0.2) is 0 Å². The van der Waals surface area contributed by atoms with Crippen LogP contribution >= 0.6 is 15.9 Å². The predicted octanol–water partition coefficient (Wildman–Crippen LogP) is 3.81. The van der Waals surface area contributed by atoms with Gasteiger partial charge in [-0.15, -0.1) is 0 Å². The minimum absolute atomic E-state index is 0.00275. The van der Waals surface area contributed by atoms with Crippen molar-refractivity contribution in [1.29, 1.82) is 0 Å². The van der Waals surface area contributed by atoms with Crippen LogP contribution in [0.25, 0.3) is 0 Å². The van der Waals surface area contributed by atoms with Gasteiger partial charge in [-0.1, -0.05) is 22.0 Å². The molecule has 0 aliphatic rings. The molecule has 0 bridgehead atoms. The fourth-order valence-corrected chi connectivity index (χ4v) is 2.38. The highest BCUT2D eigenvalue weighted by atomic mass is 79.9. The maximum Gasteiger partial charge on any atom is 0.293 e. The van der Waals surface area contributed by atoms with Gasteiger partial charge < -0.3 is 15.4 Å². The topological polar surface area (TPSA) is 93.5 Å². The highest BCUT2D eigenvalue weighted by Crippen LogP contribution is 2.27. The molecule has 0 heterocycles. The average molecular weight is 394 g/mol. The number of amides is 1. The largest absolute Gasteiger partial charge is 0.492 e. The zero-order valence-corrected chi connectivity index (χ0v) is 14.5. The number of halogens is 1. The Morgan fingerprint density at radius 3 is 2.79 bits per heavy atom.